The fourth-order valence-electron chi connectivity index (χ4n) is 2.37. The first kappa shape index (κ1) is 19.1. The molecule has 1 fully saturated rings. The van der Waals surface area contributed by atoms with Crippen LogP contribution < -0.4 is 11.2 Å². The van der Waals surface area contributed by atoms with Crippen molar-refractivity contribution in [2.24, 2.45) is 21.4 Å². The van der Waals surface area contributed by atoms with E-state index >= 15 is 0 Å². The Hall–Kier alpha value is -2.69. The zero-order valence-electron chi connectivity index (χ0n) is 14.5. The molecule has 27 heavy (non-hydrogen) atoms. The Morgan fingerprint density at radius 3 is 2.78 bits per heavy atom. The van der Waals surface area contributed by atoms with E-state index in [0.717, 1.165) is 10.6 Å². The van der Waals surface area contributed by atoms with Gasteiger partial charge in [-0.3, -0.25) is 9.79 Å². The molecule has 1 saturated heterocycles. The van der Waals surface area contributed by atoms with E-state index in [4.69, 9.17) is 10.6 Å². The number of hydrogen-bond acceptors (Lipinski definition) is 9. The van der Waals surface area contributed by atoms with E-state index in [1.54, 1.807) is 0 Å². The molecule has 1 aliphatic rings. The summed E-state index contributed by atoms with van der Waals surface area (Å²) in [5, 5.41) is 25.2. The summed E-state index contributed by atoms with van der Waals surface area (Å²) in [5.74, 6) is 4.83. The van der Waals surface area contributed by atoms with Crippen molar-refractivity contribution in [2.75, 3.05) is 26.4 Å². The Bertz CT molecular complexity index is 827. The summed E-state index contributed by atoms with van der Waals surface area (Å²) < 4.78 is 5.10. The molecule has 142 valence electrons. The van der Waals surface area contributed by atoms with E-state index in [1.807, 2.05) is 30.3 Å². The molecule has 9 nitrogen and oxygen atoms in total. The number of carbonyl (C=O) groups is 1. The number of benzene rings is 1. The molecule has 10 heteroatoms. The Balaban J connectivity index is 1.52. The molecule has 0 spiro atoms. The van der Waals surface area contributed by atoms with Crippen LogP contribution in [0.2, 0.25) is 0 Å². The smallest absolute Gasteiger partial charge is 0.273 e. The molecule has 1 aliphatic heterocycles. The molecule has 0 radical (unpaired) electrons. The lowest BCUT2D eigenvalue weighted by Gasteiger charge is -2.38. The zero-order valence-corrected chi connectivity index (χ0v) is 15.4. The van der Waals surface area contributed by atoms with Gasteiger partial charge in [-0.1, -0.05) is 41.7 Å². The van der Waals surface area contributed by atoms with Gasteiger partial charge in [-0.2, -0.15) is 5.10 Å². The van der Waals surface area contributed by atoms with Crippen molar-refractivity contribution in [3.63, 3.8) is 0 Å². The third kappa shape index (κ3) is 4.73. The van der Waals surface area contributed by atoms with Crippen molar-refractivity contribution in [1.29, 1.82) is 0 Å². The molecule has 4 N–H and O–H groups in total. The molecular formula is C17H20N6O3S. The van der Waals surface area contributed by atoms with Gasteiger partial charge in [-0.05, 0) is 0 Å². The van der Waals surface area contributed by atoms with Crippen molar-refractivity contribution < 1.29 is 14.6 Å². The second-order valence-electron chi connectivity index (χ2n) is 6.18. The highest BCUT2D eigenvalue weighted by atomic mass is 32.1. The van der Waals surface area contributed by atoms with Gasteiger partial charge < -0.3 is 21.0 Å². The summed E-state index contributed by atoms with van der Waals surface area (Å²) >= 11 is 1.40. The van der Waals surface area contributed by atoms with Crippen LogP contribution in [0, 0.1) is 5.41 Å². The first-order chi connectivity index (χ1) is 13.2. The number of hydrogen-bond donors (Lipinski definition) is 3. The summed E-state index contributed by atoms with van der Waals surface area (Å²) in [6, 6.07) is 9.69. The summed E-state index contributed by atoms with van der Waals surface area (Å²) in [4.78, 5) is 16.4. The lowest BCUT2D eigenvalue weighted by molar-refractivity contribution is -0.129. The number of ether oxygens (including phenoxy) is 1. The number of aliphatic imine (C=N–C) groups is 1. The molecule has 0 unspecified atom stereocenters. The highest BCUT2D eigenvalue weighted by molar-refractivity contribution is 7.14. The fraction of sp³-hybridized carbons (Fsp3) is 0.353. The molecule has 1 aromatic heterocycles. The van der Waals surface area contributed by atoms with E-state index in [1.165, 1.54) is 17.6 Å². The Morgan fingerprint density at radius 2 is 2.15 bits per heavy atom. The van der Waals surface area contributed by atoms with Gasteiger partial charge in [0.2, 0.25) is 0 Å². The van der Waals surface area contributed by atoms with Gasteiger partial charge in [0.25, 0.3) is 5.91 Å². The predicted molar refractivity (Wildman–Crippen MR) is 103 cm³/mol. The Labute approximate surface area is 160 Å². The topological polar surface area (TPSA) is 135 Å². The molecule has 0 bridgehead atoms. The number of hydrazone groups is 1. The van der Waals surface area contributed by atoms with Crippen LogP contribution in [0.3, 0.4) is 0 Å². The maximum absolute atomic E-state index is 12.2. The van der Waals surface area contributed by atoms with Crippen LogP contribution in [0.4, 0.5) is 0 Å². The number of nitrogens with two attached hydrogens (primary N) is 1. The summed E-state index contributed by atoms with van der Waals surface area (Å²) in [7, 11) is 0. The van der Waals surface area contributed by atoms with Crippen molar-refractivity contribution >= 4 is 29.2 Å². The van der Waals surface area contributed by atoms with Gasteiger partial charge >= 0.3 is 0 Å². The molecule has 2 heterocycles. The summed E-state index contributed by atoms with van der Waals surface area (Å²) in [6.07, 6.45) is 1.31. The minimum atomic E-state index is -0.458. The van der Waals surface area contributed by atoms with E-state index in [9.17, 15) is 9.90 Å². The number of aromatic nitrogens is 2. The average Bonchev–Trinajstić information content (AvgIpc) is 3.15. The SMILES string of the molecule is N/N=C(\C=NCC1(CO)COC1)C(=O)NCc1nnc(-c2ccccc2)s1. The lowest BCUT2D eigenvalue weighted by Crippen LogP contribution is -2.48. The van der Waals surface area contributed by atoms with Gasteiger partial charge in [0.15, 0.2) is 5.71 Å². The molecule has 3 rings (SSSR count). The zero-order chi connectivity index (χ0) is 19.1. The number of aliphatic hydroxyl groups excluding tert-OH is 1. The van der Waals surface area contributed by atoms with Gasteiger partial charge in [-0.25, -0.2) is 0 Å². The van der Waals surface area contributed by atoms with E-state index < -0.39 is 5.91 Å². The number of carbonyl (C=O) groups excluding carboxylic acids is 1. The first-order valence-electron chi connectivity index (χ1n) is 8.28. The Kier molecular flexibility index (Phi) is 6.22. The van der Waals surface area contributed by atoms with Crippen LogP contribution in [-0.2, 0) is 16.1 Å². The number of amides is 1. The van der Waals surface area contributed by atoms with Gasteiger partial charge in [0, 0.05) is 5.56 Å². The van der Waals surface area contributed by atoms with Gasteiger partial charge in [0.1, 0.15) is 10.0 Å². The number of nitrogens with zero attached hydrogens (tertiary/aromatic N) is 4. The van der Waals surface area contributed by atoms with Gasteiger partial charge in [0.05, 0.1) is 44.5 Å². The molecular weight excluding hydrogens is 368 g/mol. The summed E-state index contributed by atoms with van der Waals surface area (Å²) in [6.45, 7) is 1.43. The monoisotopic (exact) mass is 388 g/mol. The fourth-order valence-corrected chi connectivity index (χ4v) is 3.15. The van der Waals surface area contributed by atoms with Crippen LogP contribution in [0.1, 0.15) is 5.01 Å². The van der Waals surface area contributed by atoms with Crippen molar-refractivity contribution in [3.8, 4) is 10.6 Å². The number of nitrogens with one attached hydrogen (secondary N) is 1. The van der Waals surface area contributed by atoms with Crippen molar-refractivity contribution in [3.05, 3.63) is 35.3 Å². The predicted octanol–water partition coefficient (Wildman–Crippen LogP) is 0.216. The largest absolute Gasteiger partial charge is 0.396 e. The van der Waals surface area contributed by atoms with E-state index in [2.05, 4.69) is 25.6 Å². The number of aliphatic hydroxyl groups is 1. The normalized spacial score (nSPS) is 16.3. The molecule has 0 aliphatic carbocycles. The van der Waals surface area contributed by atoms with Crippen molar-refractivity contribution in [1.82, 2.24) is 15.5 Å². The molecule has 1 aromatic carbocycles. The minimum absolute atomic E-state index is 0.00358. The lowest BCUT2D eigenvalue weighted by atomic mass is 9.87. The van der Waals surface area contributed by atoms with E-state index in [0.29, 0.717) is 24.8 Å². The van der Waals surface area contributed by atoms with Crippen LogP contribution >= 0.6 is 11.3 Å². The second-order valence-corrected chi connectivity index (χ2v) is 7.25. The standard InChI is InChI=1S/C17H20N6O3S/c18-21-13(6-19-8-17(9-24)10-26-11-17)15(25)20-7-14-22-23-16(27-14)12-4-2-1-3-5-12/h1-6,24H,7-11,18H2,(H,20,25)/b19-6?,21-13+. The maximum atomic E-state index is 12.2. The molecule has 0 atom stereocenters. The maximum Gasteiger partial charge on any atom is 0.273 e. The minimum Gasteiger partial charge on any atom is -0.396 e. The number of rotatable bonds is 8. The summed E-state index contributed by atoms with van der Waals surface area (Å²) in [5.41, 5.74) is 0.602. The third-order valence-electron chi connectivity index (χ3n) is 4.05. The second kappa shape index (κ2) is 8.80. The third-order valence-corrected chi connectivity index (χ3v) is 5.02. The van der Waals surface area contributed by atoms with Crippen LogP contribution in [0.15, 0.2) is 40.4 Å². The Morgan fingerprint density at radius 1 is 1.37 bits per heavy atom. The first-order valence-corrected chi connectivity index (χ1v) is 9.10. The van der Waals surface area contributed by atoms with Crippen LogP contribution in [0.25, 0.3) is 10.6 Å². The molecule has 0 saturated carbocycles. The molecule has 1 amide bonds. The van der Waals surface area contributed by atoms with Crippen LogP contribution in [-0.4, -0.2) is 59.5 Å². The quantitative estimate of drug-likeness (QED) is 0.336. The van der Waals surface area contributed by atoms with Gasteiger partial charge in [-0.15, -0.1) is 10.2 Å². The average molecular weight is 388 g/mol. The van der Waals surface area contributed by atoms with Crippen molar-refractivity contribution in [2.45, 2.75) is 6.54 Å². The highest BCUT2D eigenvalue weighted by Crippen LogP contribution is 2.26. The highest BCUT2D eigenvalue weighted by Gasteiger charge is 2.37. The van der Waals surface area contributed by atoms with E-state index in [-0.39, 0.29) is 24.3 Å². The molecule has 2 aromatic rings. The van der Waals surface area contributed by atoms with Crippen LogP contribution in [0.5, 0.6) is 0 Å².